The quantitative estimate of drug-likeness (QED) is 0.688. The number of aliphatic hydroxyl groups is 1. The third kappa shape index (κ3) is 1.38. The van der Waals surface area contributed by atoms with E-state index in [0.717, 1.165) is 21.4 Å². The minimum atomic E-state index is -0.254. The van der Waals surface area contributed by atoms with Gasteiger partial charge < -0.3 is 10.8 Å². The Labute approximate surface area is 78.4 Å². The minimum Gasteiger partial charge on any atom is -0.399 e. The van der Waals surface area contributed by atoms with Crippen molar-refractivity contribution in [2.75, 3.05) is 5.73 Å². The summed E-state index contributed by atoms with van der Waals surface area (Å²) in [6.07, 6.45) is 0. The molecule has 2 rings (SSSR count). The average molecular weight is 197 g/mol. The van der Waals surface area contributed by atoms with Gasteiger partial charge in [0.1, 0.15) is 0 Å². The first-order valence-corrected chi connectivity index (χ1v) is 4.60. The lowest BCUT2D eigenvalue weighted by atomic mass is 10.1. The fourth-order valence-electron chi connectivity index (χ4n) is 1.34. The molecule has 1 aromatic heterocycles. The van der Waals surface area contributed by atoms with Crippen LogP contribution in [0.15, 0.2) is 18.2 Å². The molecule has 0 amide bonds. The number of hydrogen-bond acceptors (Lipinski definition) is 3. The molecule has 0 atom stereocenters. The first-order chi connectivity index (χ1) is 6.20. The number of aliphatic hydroxyl groups excluding tert-OH is 1. The molecule has 2 aromatic rings. The zero-order chi connectivity index (χ0) is 9.42. The van der Waals surface area contributed by atoms with Crippen LogP contribution in [0.25, 0.3) is 10.1 Å². The Morgan fingerprint density at radius 1 is 1.38 bits per heavy atom. The van der Waals surface area contributed by atoms with Crippen LogP contribution in [0.4, 0.5) is 10.1 Å². The maximum atomic E-state index is 12.9. The molecule has 1 aromatic carbocycles. The van der Waals surface area contributed by atoms with Crippen LogP contribution in [0.1, 0.15) is 5.56 Å². The molecule has 0 aliphatic rings. The van der Waals surface area contributed by atoms with E-state index >= 15 is 0 Å². The Morgan fingerprint density at radius 2 is 2.15 bits per heavy atom. The summed E-state index contributed by atoms with van der Waals surface area (Å²) in [6, 6.07) is 4.79. The maximum Gasteiger partial charge on any atom is 0.177 e. The molecule has 0 radical (unpaired) electrons. The SMILES string of the molecule is Nc1cc(CO)c2cc(F)sc2c1. The fraction of sp³-hybridized carbons (Fsp3) is 0.111. The number of nitrogens with two attached hydrogens (primary N) is 1. The highest BCUT2D eigenvalue weighted by Crippen LogP contribution is 2.29. The van der Waals surface area contributed by atoms with E-state index in [-0.39, 0.29) is 11.7 Å². The van der Waals surface area contributed by atoms with Crippen LogP contribution in [0, 0.1) is 5.13 Å². The van der Waals surface area contributed by atoms with Gasteiger partial charge in [-0.2, -0.15) is 4.39 Å². The number of halogens is 1. The van der Waals surface area contributed by atoms with Gasteiger partial charge in [-0.1, -0.05) is 0 Å². The molecule has 0 fully saturated rings. The Balaban J connectivity index is 2.80. The van der Waals surface area contributed by atoms with Crippen molar-refractivity contribution in [3.8, 4) is 0 Å². The summed E-state index contributed by atoms with van der Waals surface area (Å²) < 4.78 is 13.6. The van der Waals surface area contributed by atoms with E-state index in [9.17, 15) is 4.39 Å². The number of hydrogen-bond donors (Lipinski definition) is 2. The van der Waals surface area contributed by atoms with Crippen molar-refractivity contribution in [1.29, 1.82) is 0 Å². The van der Waals surface area contributed by atoms with Crippen LogP contribution >= 0.6 is 11.3 Å². The van der Waals surface area contributed by atoms with Crippen molar-refractivity contribution in [2.24, 2.45) is 0 Å². The zero-order valence-electron chi connectivity index (χ0n) is 6.75. The van der Waals surface area contributed by atoms with Crippen molar-refractivity contribution in [3.05, 3.63) is 28.9 Å². The largest absolute Gasteiger partial charge is 0.399 e. The predicted molar refractivity (Wildman–Crippen MR) is 52.1 cm³/mol. The van der Waals surface area contributed by atoms with Gasteiger partial charge in [-0.3, -0.25) is 0 Å². The molecular weight excluding hydrogens is 189 g/mol. The third-order valence-corrected chi connectivity index (χ3v) is 2.76. The predicted octanol–water partition coefficient (Wildman–Crippen LogP) is 2.11. The molecule has 1 heterocycles. The van der Waals surface area contributed by atoms with Crippen LogP contribution < -0.4 is 5.73 Å². The summed E-state index contributed by atoms with van der Waals surface area (Å²) in [5.41, 5.74) is 6.81. The zero-order valence-corrected chi connectivity index (χ0v) is 7.57. The lowest BCUT2D eigenvalue weighted by Crippen LogP contribution is -1.89. The molecule has 0 spiro atoms. The highest BCUT2D eigenvalue weighted by Gasteiger charge is 2.06. The molecule has 3 N–H and O–H groups in total. The third-order valence-electron chi connectivity index (χ3n) is 1.89. The summed E-state index contributed by atoms with van der Waals surface area (Å²) in [6.45, 7) is -0.113. The van der Waals surface area contributed by atoms with E-state index in [2.05, 4.69) is 0 Å². The van der Waals surface area contributed by atoms with Gasteiger partial charge in [0.05, 0.1) is 6.61 Å². The Bertz CT molecular complexity index is 452. The van der Waals surface area contributed by atoms with E-state index in [0.29, 0.717) is 11.3 Å². The maximum absolute atomic E-state index is 12.9. The molecule has 2 nitrogen and oxygen atoms in total. The standard InChI is InChI=1S/C9H8FNOS/c10-9-3-7-5(4-12)1-6(11)2-8(7)13-9/h1-3,12H,4,11H2. The fourth-order valence-corrected chi connectivity index (χ4v) is 2.22. The average Bonchev–Trinajstić information content (AvgIpc) is 2.43. The van der Waals surface area contributed by atoms with Crippen molar-refractivity contribution in [2.45, 2.75) is 6.61 Å². The van der Waals surface area contributed by atoms with Crippen LogP contribution in [0.5, 0.6) is 0 Å². The number of nitrogen functional groups attached to an aromatic ring is 1. The molecule has 0 saturated carbocycles. The summed E-state index contributed by atoms with van der Waals surface area (Å²) in [4.78, 5) is 0. The Morgan fingerprint density at radius 3 is 2.85 bits per heavy atom. The van der Waals surface area contributed by atoms with Gasteiger partial charge in [-0.05, 0) is 23.8 Å². The van der Waals surface area contributed by atoms with E-state index in [1.807, 2.05) is 0 Å². The number of benzene rings is 1. The van der Waals surface area contributed by atoms with E-state index in [1.54, 1.807) is 12.1 Å². The lowest BCUT2D eigenvalue weighted by molar-refractivity contribution is 0.283. The molecular formula is C9H8FNOS. The first kappa shape index (κ1) is 8.47. The summed E-state index contributed by atoms with van der Waals surface area (Å²) in [5, 5.41) is 9.49. The Kier molecular flexibility index (Phi) is 1.94. The van der Waals surface area contributed by atoms with Gasteiger partial charge >= 0.3 is 0 Å². The van der Waals surface area contributed by atoms with Gasteiger partial charge in [0.2, 0.25) is 0 Å². The van der Waals surface area contributed by atoms with Crippen LogP contribution in [0.3, 0.4) is 0 Å². The van der Waals surface area contributed by atoms with Gasteiger partial charge in [0.25, 0.3) is 0 Å². The van der Waals surface area contributed by atoms with Gasteiger partial charge in [0, 0.05) is 15.8 Å². The van der Waals surface area contributed by atoms with E-state index in [4.69, 9.17) is 10.8 Å². The molecule has 4 heteroatoms. The van der Waals surface area contributed by atoms with Crippen molar-refractivity contribution >= 4 is 27.1 Å². The molecule has 13 heavy (non-hydrogen) atoms. The normalized spacial score (nSPS) is 10.9. The lowest BCUT2D eigenvalue weighted by Gasteiger charge is -2.00. The van der Waals surface area contributed by atoms with Crippen molar-refractivity contribution in [1.82, 2.24) is 0 Å². The van der Waals surface area contributed by atoms with Gasteiger partial charge in [-0.25, -0.2) is 0 Å². The molecule has 0 unspecified atom stereocenters. The highest BCUT2D eigenvalue weighted by molar-refractivity contribution is 7.17. The number of anilines is 1. The van der Waals surface area contributed by atoms with Crippen molar-refractivity contribution < 1.29 is 9.50 Å². The van der Waals surface area contributed by atoms with Crippen molar-refractivity contribution in [3.63, 3.8) is 0 Å². The highest BCUT2D eigenvalue weighted by atomic mass is 32.1. The smallest absolute Gasteiger partial charge is 0.177 e. The molecule has 0 saturated heterocycles. The molecule has 0 aliphatic carbocycles. The summed E-state index contributed by atoms with van der Waals surface area (Å²) in [7, 11) is 0. The number of rotatable bonds is 1. The monoisotopic (exact) mass is 197 g/mol. The van der Waals surface area contributed by atoms with Gasteiger partial charge in [0.15, 0.2) is 5.13 Å². The first-order valence-electron chi connectivity index (χ1n) is 3.79. The molecule has 68 valence electrons. The Hall–Kier alpha value is -1.13. The second kappa shape index (κ2) is 2.97. The van der Waals surface area contributed by atoms with Crippen LogP contribution in [-0.2, 0) is 6.61 Å². The van der Waals surface area contributed by atoms with Gasteiger partial charge in [-0.15, -0.1) is 11.3 Å². The number of thiophene rings is 1. The van der Waals surface area contributed by atoms with Crippen LogP contribution in [-0.4, -0.2) is 5.11 Å². The number of fused-ring (bicyclic) bond motifs is 1. The second-order valence-corrected chi connectivity index (χ2v) is 3.83. The van der Waals surface area contributed by atoms with E-state index < -0.39 is 0 Å². The topological polar surface area (TPSA) is 46.2 Å². The molecule has 0 bridgehead atoms. The molecule has 0 aliphatic heterocycles. The second-order valence-electron chi connectivity index (χ2n) is 2.80. The summed E-state index contributed by atoms with van der Waals surface area (Å²) >= 11 is 1.04. The summed E-state index contributed by atoms with van der Waals surface area (Å²) in [5.74, 6) is 0. The minimum absolute atomic E-state index is 0.113. The van der Waals surface area contributed by atoms with E-state index in [1.165, 1.54) is 6.07 Å². The van der Waals surface area contributed by atoms with Crippen LogP contribution in [0.2, 0.25) is 0 Å².